The molecule has 2 aliphatic rings. The molecule has 3 aromatic heterocycles. The molecule has 0 atom stereocenters. The second-order valence-corrected chi connectivity index (χ2v) is 10.5. The first-order chi connectivity index (χ1) is 17.7. The van der Waals surface area contributed by atoms with Gasteiger partial charge in [-0.1, -0.05) is 36.3 Å². The number of halogens is 1. The molecule has 6 rings (SSSR count). The van der Waals surface area contributed by atoms with Crippen LogP contribution in [0, 0.1) is 5.82 Å². The summed E-state index contributed by atoms with van der Waals surface area (Å²) in [6.07, 6.45) is 7.99. The first-order valence-electron chi connectivity index (χ1n) is 12.5. The van der Waals surface area contributed by atoms with Crippen LogP contribution in [0.4, 0.5) is 21.3 Å². The molecule has 0 bridgehead atoms. The van der Waals surface area contributed by atoms with Crippen LogP contribution < -0.4 is 16.0 Å². The summed E-state index contributed by atoms with van der Waals surface area (Å²) in [4.78, 5) is 20.2. The Morgan fingerprint density at radius 2 is 1.89 bits per heavy atom. The number of nitrogens with zero attached hydrogens (tertiary/aromatic N) is 5. The van der Waals surface area contributed by atoms with Gasteiger partial charge in [-0.15, -0.1) is 0 Å². The molecule has 0 radical (unpaired) electrons. The number of nitrogens with one attached hydrogen (secondary N) is 3. The molecule has 0 spiro atoms. The number of hydrogen-bond acceptors (Lipinski definition) is 9. The Morgan fingerprint density at radius 1 is 1.03 bits per heavy atom. The SMILES string of the molecule is Fc1cnc(Nc2ccc(CN3CCNCC3)cn2)nc1-c1ccc2nc(NC3CCCC3)sc2c1. The Balaban J connectivity index is 1.17. The highest BCUT2D eigenvalue weighted by Crippen LogP contribution is 2.33. The van der Waals surface area contributed by atoms with Gasteiger partial charge in [0, 0.05) is 50.5 Å². The summed E-state index contributed by atoms with van der Waals surface area (Å²) in [7, 11) is 0. The minimum absolute atomic E-state index is 0.253. The topological polar surface area (TPSA) is 90.9 Å². The highest BCUT2D eigenvalue weighted by atomic mass is 32.1. The van der Waals surface area contributed by atoms with E-state index >= 15 is 0 Å². The zero-order valence-electron chi connectivity index (χ0n) is 20.0. The predicted octanol–water partition coefficient (Wildman–Crippen LogP) is 4.79. The van der Waals surface area contributed by atoms with Crippen molar-refractivity contribution < 1.29 is 4.39 Å². The Morgan fingerprint density at radius 3 is 2.69 bits per heavy atom. The molecular formula is C26H29FN8S. The molecule has 4 heterocycles. The minimum Gasteiger partial charge on any atom is -0.359 e. The number of aromatic nitrogens is 4. The molecule has 1 saturated carbocycles. The maximum Gasteiger partial charge on any atom is 0.229 e. The summed E-state index contributed by atoms with van der Waals surface area (Å²) < 4.78 is 15.7. The van der Waals surface area contributed by atoms with Crippen molar-refractivity contribution in [1.29, 1.82) is 0 Å². The molecule has 0 amide bonds. The van der Waals surface area contributed by atoms with Crippen LogP contribution in [0.3, 0.4) is 0 Å². The number of anilines is 3. The van der Waals surface area contributed by atoms with E-state index < -0.39 is 5.82 Å². The standard InChI is InChI=1S/C26H29FN8S/c27-20-15-30-25(33-23-8-5-17(14-29-23)16-35-11-9-28-10-12-35)34-24(20)18-6-7-21-22(13-18)36-26(32-21)31-19-3-1-2-4-19/h5-8,13-15,19,28H,1-4,9-12,16H2,(H,31,32)(H,29,30,33,34). The van der Waals surface area contributed by atoms with Gasteiger partial charge in [-0.2, -0.15) is 0 Å². The van der Waals surface area contributed by atoms with Gasteiger partial charge in [0.15, 0.2) is 10.9 Å². The van der Waals surface area contributed by atoms with Gasteiger partial charge in [0.1, 0.15) is 11.5 Å². The highest BCUT2D eigenvalue weighted by molar-refractivity contribution is 7.22. The highest BCUT2D eigenvalue weighted by Gasteiger charge is 2.17. The Kier molecular flexibility index (Phi) is 6.71. The lowest BCUT2D eigenvalue weighted by atomic mass is 10.1. The van der Waals surface area contributed by atoms with E-state index in [1.807, 2.05) is 30.5 Å². The van der Waals surface area contributed by atoms with Gasteiger partial charge in [0.05, 0.1) is 16.4 Å². The molecular weight excluding hydrogens is 475 g/mol. The van der Waals surface area contributed by atoms with E-state index in [4.69, 9.17) is 4.98 Å². The number of piperazine rings is 1. The third kappa shape index (κ3) is 5.30. The normalized spacial score (nSPS) is 17.0. The van der Waals surface area contributed by atoms with E-state index in [9.17, 15) is 4.39 Å². The van der Waals surface area contributed by atoms with Crippen LogP contribution >= 0.6 is 11.3 Å². The monoisotopic (exact) mass is 504 g/mol. The zero-order valence-corrected chi connectivity index (χ0v) is 20.8. The van der Waals surface area contributed by atoms with Crippen LogP contribution in [0.25, 0.3) is 21.5 Å². The molecule has 3 N–H and O–H groups in total. The van der Waals surface area contributed by atoms with Crippen molar-refractivity contribution in [3.05, 3.63) is 54.1 Å². The predicted molar refractivity (Wildman–Crippen MR) is 142 cm³/mol. The first kappa shape index (κ1) is 23.2. The van der Waals surface area contributed by atoms with Crippen molar-refractivity contribution in [1.82, 2.24) is 30.2 Å². The Hall–Kier alpha value is -3.21. The van der Waals surface area contributed by atoms with E-state index in [1.54, 1.807) is 11.3 Å². The van der Waals surface area contributed by atoms with Crippen LogP contribution in [-0.4, -0.2) is 57.1 Å². The zero-order chi connectivity index (χ0) is 24.3. The van der Waals surface area contributed by atoms with E-state index in [0.717, 1.165) is 53.6 Å². The van der Waals surface area contributed by atoms with Gasteiger partial charge in [0.2, 0.25) is 5.95 Å². The Bertz CT molecular complexity index is 1330. The number of thiazole rings is 1. The Labute approximate surface area is 213 Å². The molecule has 8 nitrogen and oxygen atoms in total. The average molecular weight is 505 g/mol. The summed E-state index contributed by atoms with van der Waals surface area (Å²) >= 11 is 1.60. The largest absolute Gasteiger partial charge is 0.359 e. The number of hydrogen-bond donors (Lipinski definition) is 3. The molecule has 2 fully saturated rings. The van der Waals surface area contributed by atoms with E-state index in [0.29, 0.717) is 23.4 Å². The number of pyridine rings is 1. The van der Waals surface area contributed by atoms with Crippen LogP contribution in [0.5, 0.6) is 0 Å². The molecule has 1 saturated heterocycles. The lowest BCUT2D eigenvalue weighted by Gasteiger charge is -2.27. The van der Waals surface area contributed by atoms with Crippen LogP contribution in [-0.2, 0) is 6.54 Å². The van der Waals surface area contributed by atoms with Crippen molar-refractivity contribution in [3.8, 4) is 11.3 Å². The molecule has 4 aromatic rings. The molecule has 186 valence electrons. The second-order valence-electron chi connectivity index (χ2n) is 9.42. The van der Waals surface area contributed by atoms with Crippen LogP contribution in [0.15, 0.2) is 42.7 Å². The van der Waals surface area contributed by atoms with Crippen molar-refractivity contribution in [2.24, 2.45) is 0 Å². The third-order valence-electron chi connectivity index (χ3n) is 6.77. The fourth-order valence-corrected chi connectivity index (χ4v) is 5.82. The van der Waals surface area contributed by atoms with Crippen LogP contribution in [0.2, 0.25) is 0 Å². The summed E-state index contributed by atoms with van der Waals surface area (Å²) in [5.41, 5.74) is 3.01. The second kappa shape index (κ2) is 10.4. The van der Waals surface area contributed by atoms with E-state index in [1.165, 1.54) is 31.9 Å². The fraction of sp³-hybridized carbons (Fsp3) is 0.385. The lowest BCUT2D eigenvalue weighted by molar-refractivity contribution is 0.233. The first-order valence-corrected chi connectivity index (χ1v) is 13.4. The number of benzene rings is 1. The summed E-state index contributed by atoms with van der Waals surface area (Å²) in [6.45, 7) is 5.00. The van der Waals surface area contributed by atoms with Gasteiger partial charge in [-0.25, -0.2) is 24.3 Å². The van der Waals surface area contributed by atoms with E-state index in [-0.39, 0.29) is 5.69 Å². The quantitative estimate of drug-likeness (QED) is 0.331. The average Bonchev–Trinajstić information content (AvgIpc) is 3.56. The maximum atomic E-state index is 14.7. The summed E-state index contributed by atoms with van der Waals surface area (Å²) in [5.74, 6) is 0.465. The smallest absolute Gasteiger partial charge is 0.229 e. The van der Waals surface area contributed by atoms with Crippen molar-refractivity contribution in [3.63, 3.8) is 0 Å². The van der Waals surface area contributed by atoms with Crippen LogP contribution in [0.1, 0.15) is 31.2 Å². The molecule has 1 aliphatic heterocycles. The van der Waals surface area contributed by atoms with Gasteiger partial charge in [-0.05, 0) is 36.6 Å². The third-order valence-corrected chi connectivity index (χ3v) is 7.72. The molecule has 0 unspecified atom stereocenters. The lowest BCUT2D eigenvalue weighted by Crippen LogP contribution is -2.42. The summed E-state index contributed by atoms with van der Waals surface area (Å²) in [5, 5.41) is 10.9. The van der Waals surface area contributed by atoms with Gasteiger partial charge < -0.3 is 16.0 Å². The molecule has 1 aliphatic carbocycles. The number of rotatable bonds is 7. The number of fused-ring (bicyclic) bond motifs is 1. The molecule has 10 heteroatoms. The molecule has 36 heavy (non-hydrogen) atoms. The van der Waals surface area contributed by atoms with Crippen molar-refractivity contribution >= 4 is 38.5 Å². The van der Waals surface area contributed by atoms with Gasteiger partial charge >= 0.3 is 0 Å². The maximum absolute atomic E-state index is 14.7. The molecule has 1 aromatic carbocycles. The fourth-order valence-electron chi connectivity index (χ4n) is 4.84. The van der Waals surface area contributed by atoms with E-state index in [2.05, 4.69) is 41.9 Å². The van der Waals surface area contributed by atoms with Gasteiger partial charge in [0.25, 0.3) is 0 Å². The minimum atomic E-state index is -0.465. The van der Waals surface area contributed by atoms with Crippen molar-refractivity contribution in [2.75, 3.05) is 36.8 Å². The summed E-state index contributed by atoms with van der Waals surface area (Å²) in [6, 6.07) is 10.2. The van der Waals surface area contributed by atoms with Crippen molar-refractivity contribution in [2.45, 2.75) is 38.3 Å². The van der Waals surface area contributed by atoms with Gasteiger partial charge in [-0.3, -0.25) is 4.90 Å².